The third kappa shape index (κ3) is 4.89. The molecule has 0 aliphatic rings. The van der Waals surface area contributed by atoms with Gasteiger partial charge in [-0.1, -0.05) is 29.8 Å². The Hall–Kier alpha value is -2.26. The van der Waals surface area contributed by atoms with Gasteiger partial charge in [0.1, 0.15) is 0 Å². The first-order chi connectivity index (χ1) is 14.1. The molecule has 2 heterocycles. The van der Waals surface area contributed by atoms with Crippen LogP contribution in [0.5, 0.6) is 0 Å². The molecular formula is C27H40N3+. The monoisotopic (exact) mass is 406 g/mol. The molecule has 3 rings (SSSR count). The van der Waals surface area contributed by atoms with Crippen LogP contribution in [0, 0.1) is 20.8 Å². The summed E-state index contributed by atoms with van der Waals surface area (Å²) < 4.78 is 5.79. The van der Waals surface area contributed by atoms with Gasteiger partial charge in [-0.05, 0) is 69.7 Å². The second-order valence-electron chi connectivity index (χ2n) is 10.00. The molecule has 0 aliphatic heterocycles. The molecular weight excluding hydrogens is 366 g/mol. The fourth-order valence-electron chi connectivity index (χ4n) is 4.37. The fraction of sp³-hybridized carbons (Fsp3) is 0.481. The second kappa shape index (κ2) is 8.85. The van der Waals surface area contributed by atoms with Crippen LogP contribution in [0.4, 0.5) is 0 Å². The topological polar surface area (TPSA) is 9.86 Å². The fourth-order valence-corrected chi connectivity index (χ4v) is 4.37. The molecule has 0 saturated carbocycles. The molecule has 162 valence electrons. The van der Waals surface area contributed by atoms with Gasteiger partial charge >= 0.3 is 0 Å². The molecule has 3 aromatic rings. The van der Waals surface area contributed by atoms with Crippen molar-refractivity contribution in [2.45, 2.75) is 46.5 Å². The predicted octanol–water partition coefficient (Wildman–Crippen LogP) is 6.04. The minimum Gasteiger partial charge on any atom is -0.347 e. The number of nitrogens with zero attached hydrogens (tertiary/aromatic N) is 3. The minimum atomic E-state index is 1.06. The van der Waals surface area contributed by atoms with Crippen molar-refractivity contribution in [2.24, 2.45) is 14.1 Å². The number of quaternary nitrogens is 1. The van der Waals surface area contributed by atoms with Crippen molar-refractivity contribution >= 4 is 0 Å². The molecule has 2 aromatic heterocycles. The van der Waals surface area contributed by atoms with E-state index in [0.717, 1.165) is 10.9 Å². The van der Waals surface area contributed by atoms with Gasteiger partial charge in [0.15, 0.2) is 0 Å². The standard InChI is InChI=1S/C27H40N3/c1-20-13-15-23(16-14-20)25-19-26(29(5)22(25)3)27-24(18-21(2)28(27)4)12-10-9-11-17-30(6,7)8/h13-16,18-19H,9-12,17H2,1-8H3/q+1. The number of unbranched alkanes of at least 4 members (excludes halogenated alkanes) is 2. The summed E-state index contributed by atoms with van der Waals surface area (Å²) in [5.41, 5.74) is 10.8. The van der Waals surface area contributed by atoms with Gasteiger partial charge in [-0.15, -0.1) is 0 Å². The third-order valence-corrected chi connectivity index (χ3v) is 6.47. The number of benzene rings is 1. The van der Waals surface area contributed by atoms with Crippen LogP contribution in [0.15, 0.2) is 36.4 Å². The first kappa shape index (κ1) is 22.4. The summed E-state index contributed by atoms with van der Waals surface area (Å²) in [6.07, 6.45) is 5.00. The number of aromatic nitrogens is 2. The maximum Gasteiger partial charge on any atom is 0.0780 e. The second-order valence-corrected chi connectivity index (χ2v) is 10.00. The summed E-state index contributed by atoms with van der Waals surface area (Å²) in [5, 5.41) is 0. The van der Waals surface area contributed by atoms with E-state index in [-0.39, 0.29) is 0 Å². The van der Waals surface area contributed by atoms with Crippen LogP contribution in [0.2, 0.25) is 0 Å². The Labute approximate surface area is 183 Å². The predicted molar refractivity (Wildman–Crippen MR) is 130 cm³/mol. The van der Waals surface area contributed by atoms with E-state index in [1.807, 2.05) is 0 Å². The summed E-state index contributed by atoms with van der Waals surface area (Å²) >= 11 is 0. The molecule has 0 atom stereocenters. The molecule has 0 unspecified atom stereocenters. The molecule has 0 radical (unpaired) electrons. The van der Waals surface area contributed by atoms with Crippen molar-refractivity contribution in [3.8, 4) is 22.5 Å². The van der Waals surface area contributed by atoms with Crippen molar-refractivity contribution in [1.82, 2.24) is 9.13 Å². The summed E-state index contributed by atoms with van der Waals surface area (Å²) in [6.45, 7) is 7.85. The van der Waals surface area contributed by atoms with E-state index in [9.17, 15) is 0 Å². The smallest absolute Gasteiger partial charge is 0.0780 e. The van der Waals surface area contributed by atoms with Crippen LogP contribution in [-0.4, -0.2) is 41.3 Å². The summed E-state index contributed by atoms with van der Waals surface area (Å²) in [5.74, 6) is 0. The van der Waals surface area contributed by atoms with Crippen LogP contribution in [0.1, 0.15) is 41.8 Å². The lowest BCUT2D eigenvalue weighted by Crippen LogP contribution is -2.35. The lowest BCUT2D eigenvalue weighted by Gasteiger charge is -2.23. The Morgan fingerprint density at radius 2 is 1.47 bits per heavy atom. The Morgan fingerprint density at radius 1 is 0.800 bits per heavy atom. The third-order valence-electron chi connectivity index (χ3n) is 6.47. The number of aryl methyl sites for hydroxylation is 3. The van der Waals surface area contributed by atoms with Gasteiger partial charge in [0.05, 0.1) is 39.1 Å². The highest BCUT2D eigenvalue weighted by Gasteiger charge is 2.19. The van der Waals surface area contributed by atoms with Gasteiger partial charge in [-0.3, -0.25) is 0 Å². The SMILES string of the molecule is Cc1ccc(-c2cc(-c3c(CCCCC[N+](C)(C)C)cc(C)n3C)n(C)c2C)cc1. The van der Waals surface area contributed by atoms with E-state index in [0.29, 0.717) is 0 Å². The maximum absolute atomic E-state index is 2.39. The molecule has 0 saturated heterocycles. The molecule has 0 N–H and O–H groups in total. The maximum atomic E-state index is 2.39. The summed E-state index contributed by atoms with van der Waals surface area (Å²) in [6, 6.07) is 13.7. The summed E-state index contributed by atoms with van der Waals surface area (Å²) in [4.78, 5) is 0. The zero-order valence-corrected chi connectivity index (χ0v) is 20.3. The van der Waals surface area contributed by atoms with Crippen LogP contribution >= 0.6 is 0 Å². The number of rotatable bonds is 8. The largest absolute Gasteiger partial charge is 0.347 e. The van der Waals surface area contributed by atoms with E-state index in [1.54, 1.807) is 0 Å². The molecule has 0 amide bonds. The van der Waals surface area contributed by atoms with Gasteiger partial charge < -0.3 is 13.6 Å². The molecule has 0 fully saturated rings. The normalized spacial score (nSPS) is 12.0. The Bertz CT molecular complexity index is 994. The van der Waals surface area contributed by atoms with E-state index in [2.05, 4.69) is 102 Å². The molecule has 30 heavy (non-hydrogen) atoms. The molecule has 3 heteroatoms. The van der Waals surface area contributed by atoms with Crippen molar-refractivity contribution in [3.63, 3.8) is 0 Å². The molecule has 0 bridgehead atoms. The first-order valence-electron chi connectivity index (χ1n) is 11.3. The van der Waals surface area contributed by atoms with Gasteiger partial charge in [0.25, 0.3) is 0 Å². The van der Waals surface area contributed by atoms with Gasteiger partial charge in [0.2, 0.25) is 0 Å². The van der Waals surface area contributed by atoms with Crippen LogP contribution in [0.3, 0.4) is 0 Å². The highest BCUT2D eigenvalue weighted by atomic mass is 15.3. The van der Waals surface area contributed by atoms with Crippen LogP contribution in [-0.2, 0) is 20.5 Å². The Kier molecular flexibility index (Phi) is 6.62. The molecule has 0 spiro atoms. The molecule has 0 aliphatic carbocycles. The summed E-state index contributed by atoms with van der Waals surface area (Å²) in [7, 11) is 11.3. The van der Waals surface area contributed by atoms with Gasteiger partial charge in [0, 0.05) is 31.0 Å². The van der Waals surface area contributed by atoms with Crippen molar-refractivity contribution < 1.29 is 4.48 Å². The zero-order valence-electron chi connectivity index (χ0n) is 20.3. The zero-order chi connectivity index (χ0) is 22.1. The van der Waals surface area contributed by atoms with E-state index in [4.69, 9.17) is 0 Å². The van der Waals surface area contributed by atoms with Crippen LogP contribution < -0.4 is 0 Å². The van der Waals surface area contributed by atoms with E-state index >= 15 is 0 Å². The van der Waals surface area contributed by atoms with Crippen LogP contribution in [0.25, 0.3) is 22.5 Å². The minimum absolute atomic E-state index is 1.06. The average molecular weight is 407 g/mol. The number of hydrogen-bond donors (Lipinski definition) is 0. The van der Waals surface area contributed by atoms with Crippen molar-refractivity contribution in [1.29, 1.82) is 0 Å². The quantitative estimate of drug-likeness (QED) is 0.319. The first-order valence-corrected chi connectivity index (χ1v) is 11.3. The van der Waals surface area contributed by atoms with Crippen molar-refractivity contribution in [3.05, 3.63) is 58.9 Å². The van der Waals surface area contributed by atoms with Crippen molar-refractivity contribution in [2.75, 3.05) is 27.7 Å². The lowest BCUT2D eigenvalue weighted by atomic mass is 10.0. The molecule has 1 aromatic carbocycles. The highest BCUT2D eigenvalue weighted by Crippen LogP contribution is 2.35. The lowest BCUT2D eigenvalue weighted by molar-refractivity contribution is -0.870. The van der Waals surface area contributed by atoms with Gasteiger partial charge in [-0.25, -0.2) is 0 Å². The molecule has 3 nitrogen and oxygen atoms in total. The van der Waals surface area contributed by atoms with Gasteiger partial charge in [-0.2, -0.15) is 0 Å². The Morgan fingerprint density at radius 3 is 2.10 bits per heavy atom. The average Bonchev–Trinajstić information content (AvgIpc) is 3.11. The number of hydrogen-bond acceptors (Lipinski definition) is 0. The highest BCUT2D eigenvalue weighted by molar-refractivity contribution is 5.75. The Balaban J connectivity index is 1.87. The van der Waals surface area contributed by atoms with E-state index in [1.165, 1.54) is 70.8 Å². The van der Waals surface area contributed by atoms with E-state index < -0.39 is 0 Å².